The fourth-order valence-electron chi connectivity index (χ4n) is 4.48. The fraction of sp³-hybridized carbons (Fsp3) is 0.684. The predicted molar refractivity (Wildman–Crippen MR) is 98.7 cm³/mol. The van der Waals surface area contributed by atoms with Crippen LogP contribution in [0.4, 0.5) is 0 Å². The number of aryl methyl sites for hydroxylation is 3. The molecule has 1 atom stereocenters. The number of nitrogens with one attached hydrogen (secondary N) is 1. The van der Waals surface area contributed by atoms with Gasteiger partial charge in [0, 0.05) is 19.1 Å². The summed E-state index contributed by atoms with van der Waals surface area (Å²) in [6.45, 7) is 5.02. The molecule has 4 heteroatoms. The van der Waals surface area contributed by atoms with Crippen LogP contribution < -0.4 is 5.32 Å². The van der Waals surface area contributed by atoms with Crippen molar-refractivity contribution in [2.75, 3.05) is 26.2 Å². The topological polar surface area (TPSA) is 46.8 Å². The number of halogens is 1. The molecule has 3 aliphatic rings. The third kappa shape index (κ3) is 4.08. The molecule has 4 rings (SSSR count). The van der Waals surface area contributed by atoms with Gasteiger partial charge in [0.15, 0.2) is 0 Å². The normalized spacial score (nSPS) is 22.9. The average molecular weight is 339 g/mol. The van der Waals surface area contributed by atoms with Crippen molar-refractivity contribution in [1.82, 2.24) is 10.2 Å². The molecule has 130 valence electrons. The SMILES string of the molecule is Cl.O.c1c2c(cc3c1CCC3NCCN1CCCCC1)CCC2. The molecule has 23 heavy (non-hydrogen) atoms. The Labute approximate surface area is 146 Å². The zero-order valence-electron chi connectivity index (χ0n) is 14.1. The van der Waals surface area contributed by atoms with E-state index >= 15 is 0 Å². The summed E-state index contributed by atoms with van der Waals surface area (Å²) in [6.07, 6.45) is 10.8. The molecule has 1 fully saturated rings. The Kier molecular flexibility index (Phi) is 6.90. The summed E-state index contributed by atoms with van der Waals surface area (Å²) in [7, 11) is 0. The van der Waals surface area contributed by atoms with Crippen LogP contribution in [0.25, 0.3) is 0 Å². The van der Waals surface area contributed by atoms with E-state index in [-0.39, 0.29) is 17.9 Å². The Morgan fingerprint density at radius 3 is 2.43 bits per heavy atom. The number of nitrogens with zero attached hydrogens (tertiary/aromatic N) is 1. The molecule has 1 saturated heterocycles. The largest absolute Gasteiger partial charge is 0.412 e. The van der Waals surface area contributed by atoms with Gasteiger partial charge in [0.05, 0.1) is 0 Å². The van der Waals surface area contributed by atoms with Crippen LogP contribution in [-0.2, 0) is 19.3 Å². The smallest absolute Gasteiger partial charge is 0.0326 e. The van der Waals surface area contributed by atoms with Gasteiger partial charge in [0.1, 0.15) is 0 Å². The van der Waals surface area contributed by atoms with E-state index in [2.05, 4.69) is 22.3 Å². The second kappa shape index (κ2) is 8.48. The standard InChI is InChI=1S/C19H28N2.ClH.H2O/c1-2-10-21(11-3-1)12-9-20-19-8-7-17-13-15-5-4-6-16(15)14-18(17)19;;/h13-14,19-20H,1-12H2;1H;1H2. The number of likely N-dealkylation sites (tertiary alicyclic amines) is 1. The minimum atomic E-state index is 0. The lowest BCUT2D eigenvalue weighted by atomic mass is 10.0. The highest BCUT2D eigenvalue weighted by atomic mass is 35.5. The van der Waals surface area contributed by atoms with Crippen LogP contribution in [0.2, 0.25) is 0 Å². The third-order valence-corrected chi connectivity index (χ3v) is 5.70. The molecule has 1 aromatic carbocycles. The second-order valence-corrected chi connectivity index (χ2v) is 7.12. The highest BCUT2D eigenvalue weighted by Crippen LogP contribution is 2.35. The lowest BCUT2D eigenvalue weighted by Gasteiger charge is -2.27. The number of fused-ring (bicyclic) bond motifs is 2. The van der Waals surface area contributed by atoms with Gasteiger partial charge in [-0.1, -0.05) is 18.6 Å². The Bertz CT molecular complexity index is 514. The van der Waals surface area contributed by atoms with E-state index in [1.54, 1.807) is 22.3 Å². The molecule has 1 aliphatic heterocycles. The molecule has 0 spiro atoms. The maximum absolute atomic E-state index is 3.83. The fourth-order valence-corrected chi connectivity index (χ4v) is 4.48. The van der Waals surface area contributed by atoms with Crippen LogP contribution in [0.5, 0.6) is 0 Å². The van der Waals surface area contributed by atoms with E-state index in [4.69, 9.17) is 0 Å². The highest BCUT2D eigenvalue weighted by molar-refractivity contribution is 5.85. The minimum absolute atomic E-state index is 0. The van der Waals surface area contributed by atoms with Crippen molar-refractivity contribution in [3.8, 4) is 0 Å². The van der Waals surface area contributed by atoms with Gasteiger partial charge >= 0.3 is 0 Å². The Hall–Kier alpha value is -0.610. The summed E-state index contributed by atoms with van der Waals surface area (Å²) in [5, 5.41) is 3.83. The second-order valence-electron chi connectivity index (χ2n) is 7.12. The number of rotatable bonds is 4. The van der Waals surface area contributed by atoms with Crippen LogP contribution in [0.1, 0.15) is 60.4 Å². The van der Waals surface area contributed by atoms with Crippen molar-refractivity contribution in [2.45, 2.75) is 57.4 Å². The minimum Gasteiger partial charge on any atom is -0.412 e. The molecular weight excluding hydrogens is 308 g/mol. The zero-order chi connectivity index (χ0) is 14.1. The maximum atomic E-state index is 3.83. The summed E-state index contributed by atoms with van der Waals surface area (Å²) in [5.41, 5.74) is 6.53. The van der Waals surface area contributed by atoms with E-state index in [1.807, 2.05) is 0 Å². The van der Waals surface area contributed by atoms with E-state index in [0.29, 0.717) is 6.04 Å². The predicted octanol–water partition coefficient (Wildman–Crippen LogP) is 2.84. The van der Waals surface area contributed by atoms with Crippen molar-refractivity contribution in [1.29, 1.82) is 0 Å². The van der Waals surface area contributed by atoms with Crippen LogP contribution in [0.3, 0.4) is 0 Å². The summed E-state index contributed by atoms with van der Waals surface area (Å²) in [4.78, 5) is 2.63. The first-order chi connectivity index (χ1) is 10.4. The number of piperidine rings is 1. The summed E-state index contributed by atoms with van der Waals surface area (Å²) >= 11 is 0. The first kappa shape index (κ1) is 18.7. The highest BCUT2D eigenvalue weighted by Gasteiger charge is 2.25. The molecular formula is C19H31ClN2O. The first-order valence-corrected chi connectivity index (χ1v) is 9.00. The molecule has 0 radical (unpaired) electrons. The summed E-state index contributed by atoms with van der Waals surface area (Å²) in [6, 6.07) is 5.67. The number of hydrogen-bond donors (Lipinski definition) is 1. The molecule has 0 saturated carbocycles. The van der Waals surface area contributed by atoms with Crippen molar-refractivity contribution in [3.63, 3.8) is 0 Å². The van der Waals surface area contributed by atoms with Crippen LogP contribution in [0.15, 0.2) is 12.1 Å². The molecule has 1 unspecified atom stereocenters. The average Bonchev–Trinajstić information content (AvgIpc) is 3.13. The molecule has 0 aromatic heterocycles. The van der Waals surface area contributed by atoms with Gasteiger partial charge in [-0.2, -0.15) is 0 Å². The summed E-state index contributed by atoms with van der Waals surface area (Å²) in [5.74, 6) is 0. The maximum Gasteiger partial charge on any atom is 0.0326 e. The van der Waals surface area contributed by atoms with Crippen LogP contribution >= 0.6 is 12.4 Å². The monoisotopic (exact) mass is 338 g/mol. The lowest BCUT2D eigenvalue weighted by molar-refractivity contribution is 0.226. The van der Waals surface area contributed by atoms with E-state index in [1.165, 1.54) is 71.0 Å². The van der Waals surface area contributed by atoms with Gasteiger partial charge in [-0.25, -0.2) is 0 Å². The zero-order valence-corrected chi connectivity index (χ0v) is 14.9. The van der Waals surface area contributed by atoms with Crippen LogP contribution in [0, 0.1) is 0 Å². The van der Waals surface area contributed by atoms with Gasteiger partial charge < -0.3 is 15.7 Å². The van der Waals surface area contributed by atoms with Gasteiger partial charge in [0.25, 0.3) is 0 Å². The van der Waals surface area contributed by atoms with E-state index in [9.17, 15) is 0 Å². The van der Waals surface area contributed by atoms with Crippen molar-refractivity contribution < 1.29 is 5.48 Å². The van der Waals surface area contributed by atoms with Crippen LogP contribution in [-0.4, -0.2) is 36.6 Å². The third-order valence-electron chi connectivity index (χ3n) is 5.70. The van der Waals surface area contributed by atoms with Crippen molar-refractivity contribution in [2.24, 2.45) is 0 Å². The van der Waals surface area contributed by atoms with Crippen molar-refractivity contribution in [3.05, 3.63) is 34.4 Å². The molecule has 3 nitrogen and oxygen atoms in total. The molecule has 0 amide bonds. The summed E-state index contributed by atoms with van der Waals surface area (Å²) < 4.78 is 0. The first-order valence-electron chi connectivity index (χ1n) is 9.00. The number of benzene rings is 1. The molecule has 1 heterocycles. The van der Waals surface area contributed by atoms with Gasteiger partial charge in [-0.05, 0) is 80.3 Å². The quantitative estimate of drug-likeness (QED) is 0.917. The molecule has 2 aliphatic carbocycles. The molecule has 3 N–H and O–H groups in total. The van der Waals surface area contributed by atoms with Gasteiger partial charge in [-0.15, -0.1) is 12.4 Å². The van der Waals surface area contributed by atoms with Gasteiger partial charge in [0.2, 0.25) is 0 Å². The van der Waals surface area contributed by atoms with Gasteiger partial charge in [-0.3, -0.25) is 0 Å². The van der Waals surface area contributed by atoms with E-state index in [0.717, 1.165) is 6.54 Å². The Morgan fingerprint density at radius 1 is 0.913 bits per heavy atom. The lowest BCUT2D eigenvalue weighted by Crippen LogP contribution is -2.36. The van der Waals surface area contributed by atoms with E-state index < -0.39 is 0 Å². The molecule has 0 bridgehead atoms. The van der Waals surface area contributed by atoms with Crippen molar-refractivity contribution >= 4 is 12.4 Å². The number of hydrogen-bond acceptors (Lipinski definition) is 2. The Morgan fingerprint density at radius 2 is 1.65 bits per heavy atom. The Balaban J connectivity index is 0.000000960. The molecule has 1 aromatic rings.